The number of carbonyl (C=O) groups excluding carboxylic acids is 1. The summed E-state index contributed by atoms with van der Waals surface area (Å²) >= 11 is 0. The molecule has 102 valence electrons. The first-order valence-electron chi connectivity index (χ1n) is 6.41. The molecule has 0 aliphatic carbocycles. The summed E-state index contributed by atoms with van der Waals surface area (Å²) < 4.78 is 5.13. The van der Waals surface area contributed by atoms with Crippen LogP contribution in [0.15, 0.2) is 24.3 Å². The van der Waals surface area contributed by atoms with Crippen LogP contribution in [0.2, 0.25) is 0 Å². The summed E-state index contributed by atoms with van der Waals surface area (Å²) in [6, 6.07) is 7.81. The van der Waals surface area contributed by atoms with Crippen LogP contribution in [0.4, 0.5) is 0 Å². The molecule has 2 fully saturated rings. The summed E-state index contributed by atoms with van der Waals surface area (Å²) in [6.07, 6.45) is 0.0552. The van der Waals surface area contributed by atoms with Gasteiger partial charge < -0.3 is 9.64 Å². The fourth-order valence-corrected chi connectivity index (χ4v) is 2.53. The molecule has 6 nitrogen and oxygen atoms in total. The van der Waals surface area contributed by atoms with Crippen molar-refractivity contribution in [3.63, 3.8) is 0 Å². The third-order valence-corrected chi connectivity index (χ3v) is 3.65. The monoisotopic (exact) mass is 262 g/mol. The maximum atomic E-state index is 12.3. The molecule has 2 aliphatic rings. The summed E-state index contributed by atoms with van der Waals surface area (Å²) in [7, 11) is 1.65. The van der Waals surface area contributed by atoms with Crippen LogP contribution < -0.4 is 20.9 Å². The molecule has 2 aliphatic heterocycles. The van der Waals surface area contributed by atoms with Crippen LogP contribution in [-0.2, 0) is 11.3 Å². The van der Waals surface area contributed by atoms with Crippen molar-refractivity contribution in [1.29, 1.82) is 0 Å². The summed E-state index contributed by atoms with van der Waals surface area (Å²) in [5.41, 5.74) is 7.19. The molecule has 0 bridgehead atoms. The Morgan fingerprint density at radius 3 is 2.89 bits per heavy atom. The summed E-state index contributed by atoms with van der Waals surface area (Å²) in [4.78, 5) is 14.2. The average Bonchev–Trinajstić information content (AvgIpc) is 2.92. The Labute approximate surface area is 112 Å². The van der Waals surface area contributed by atoms with Gasteiger partial charge in [0.05, 0.1) is 25.9 Å². The summed E-state index contributed by atoms with van der Waals surface area (Å²) in [5, 5.41) is 3.31. The predicted octanol–water partition coefficient (Wildman–Crippen LogP) is -0.365. The number of fused-ring (bicyclic) bond motifs is 1. The van der Waals surface area contributed by atoms with E-state index in [0.717, 1.165) is 11.3 Å². The van der Waals surface area contributed by atoms with E-state index in [9.17, 15) is 4.79 Å². The van der Waals surface area contributed by atoms with Crippen LogP contribution in [0.3, 0.4) is 0 Å². The molecular formula is C13H18N4O2. The van der Waals surface area contributed by atoms with E-state index in [2.05, 4.69) is 16.2 Å². The second kappa shape index (κ2) is 5.16. The van der Waals surface area contributed by atoms with Crippen molar-refractivity contribution in [2.24, 2.45) is 5.92 Å². The van der Waals surface area contributed by atoms with E-state index in [1.807, 2.05) is 29.2 Å². The largest absolute Gasteiger partial charge is 0.497 e. The highest BCUT2D eigenvalue weighted by atomic mass is 16.5. The lowest BCUT2D eigenvalue weighted by Crippen LogP contribution is -2.58. The quantitative estimate of drug-likeness (QED) is 0.694. The molecule has 1 amide bonds. The Morgan fingerprint density at radius 1 is 1.37 bits per heavy atom. The molecular weight excluding hydrogens is 244 g/mol. The molecule has 3 rings (SSSR count). The van der Waals surface area contributed by atoms with E-state index in [1.165, 1.54) is 0 Å². The van der Waals surface area contributed by atoms with Crippen molar-refractivity contribution in [2.45, 2.75) is 12.7 Å². The maximum absolute atomic E-state index is 12.3. The van der Waals surface area contributed by atoms with Crippen LogP contribution in [-0.4, -0.2) is 37.3 Å². The first-order valence-corrected chi connectivity index (χ1v) is 6.41. The Kier molecular flexibility index (Phi) is 3.37. The Morgan fingerprint density at radius 2 is 2.16 bits per heavy atom. The second-order valence-corrected chi connectivity index (χ2v) is 4.86. The van der Waals surface area contributed by atoms with Gasteiger partial charge in [-0.1, -0.05) is 12.1 Å². The Hall–Kier alpha value is -1.63. The van der Waals surface area contributed by atoms with Gasteiger partial charge in [-0.15, -0.1) is 0 Å². The first kappa shape index (κ1) is 12.4. The third-order valence-electron chi connectivity index (χ3n) is 3.65. The van der Waals surface area contributed by atoms with Gasteiger partial charge in [0.1, 0.15) is 5.75 Å². The molecule has 1 aromatic carbocycles. The fourth-order valence-electron chi connectivity index (χ4n) is 2.53. The zero-order valence-electron chi connectivity index (χ0n) is 10.8. The minimum Gasteiger partial charge on any atom is -0.497 e. The number of hydrazine groups is 1. The molecule has 19 heavy (non-hydrogen) atoms. The molecule has 0 radical (unpaired) electrons. The van der Waals surface area contributed by atoms with Crippen LogP contribution in [0.25, 0.3) is 0 Å². The highest BCUT2D eigenvalue weighted by molar-refractivity contribution is 5.80. The predicted molar refractivity (Wildman–Crippen MR) is 70.0 cm³/mol. The van der Waals surface area contributed by atoms with Gasteiger partial charge in [-0.3, -0.25) is 15.5 Å². The highest BCUT2D eigenvalue weighted by Crippen LogP contribution is 2.18. The van der Waals surface area contributed by atoms with Crippen molar-refractivity contribution < 1.29 is 9.53 Å². The van der Waals surface area contributed by atoms with Gasteiger partial charge in [-0.05, 0) is 17.7 Å². The van der Waals surface area contributed by atoms with Gasteiger partial charge in [0.15, 0.2) is 0 Å². The van der Waals surface area contributed by atoms with Gasteiger partial charge in [0.2, 0.25) is 5.91 Å². The minimum absolute atomic E-state index is 0.0213. The second-order valence-electron chi connectivity index (χ2n) is 4.86. The topological polar surface area (TPSA) is 65.6 Å². The van der Waals surface area contributed by atoms with E-state index in [1.54, 1.807) is 7.11 Å². The van der Waals surface area contributed by atoms with Crippen molar-refractivity contribution in [3.8, 4) is 5.75 Å². The summed E-state index contributed by atoms with van der Waals surface area (Å²) in [6.45, 7) is 1.87. The van der Waals surface area contributed by atoms with E-state index in [4.69, 9.17) is 4.74 Å². The van der Waals surface area contributed by atoms with Crippen molar-refractivity contribution >= 4 is 5.91 Å². The van der Waals surface area contributed by atoms with Crippen molar-refractivity contribution in [2.75, 3.05) is 20.3 Å². The zero-order valence-corrected chi connectivity index (χ0v) is 10.8. The lowest BCUT2D eigenvalue weighted by Gasteiger charge is -2.34. The van der Waals surface area contributed by atoms with E-state index in [0.29, 0.717) is 19.8 Å². The number of benzene rings is 1. The zero-order chi connectivity index (χ0) is 13.2. The molecule has 0 aromatic heterocycles. The van der Waals surface area contributed by atoms with Crippen LogP contribution >= 0.6 is 0 Å². The summed E-state index contributed by atoms with van der Waals surface area (Å²) in [5.74, 6) is 1.00. The van der Waals surface area contributed by atoms with Crippen LogP contribution in [0.5, 0.6) is 5.75 Å². The lowest BCUT2D eigenvalue weighted by atomic mass is 10.0. The number of nitrogens with zero attached hydrogens (tertiary/aromatic N) is 1. The Bertz CT molecular complexity index is 462. The molecule has 1 aromatic rings. The molecule has 2 unspecified atom stereocenters. The number of ether oxygens (including phenoxy) is 1. The number of rotatable bonds is 3. The first-order chi connectivity index (χ1) is 9.28. The van der Waals surface area contributed by atoms with Crippen LogP contribution in [0.1, 0.15) is 5.56 Å². The van der Waals surface area contributed by atoms with E-state index in [-0.39, 0.29) is 18.0 Å². The number of methoxy groups -OCH3 is 1. The smallest absolute Gasteiger partial charge is 0.231 e. The highest BCUT2D eigenvalue weighted by Gasteiger charge is 2.39. The molecule has 3 N–H and O–H groups in total. The fraction of sp³-hybridized carbons (Fsp3) is 0.462. The van der Waals surface area contributed by atoms with E-state index >= 15 is 0 Å². The van der Waals surface area contributed by atoms with Gasteiger partial charge in [-0.2, -0.15) is 0 Å². The number of hydrogen-bond donors (Lipinski definition) is 3. The maximum Gasteiger partial charge on any atom is 0.231 e. The third kappa shape index (κ3) is 2.42. The van der Waals surface area contributed by atoms with Gasteiger partial charge in [0, 0.05) is 13.1 Å². The molecule has 0 spiro atoms. The standard InChI is InChI=1S/C13H18N4O2/c1-19-10-4-2-9(3-5-10)7-17-8-14-12-11(13(17)18)6-15-16-12/h2-5,11-12,14-16H,6-8H2,1H3. The van der Waals surface area contributed by atoms with Crippen LogP contribution in [0, 0.1) is 5.92 Å². The molecule has 2 atom stereocenters. The van der Waals surface area contributed by atoms with Crippen molar-refractivity contribution in [1.82, 2.24) is 21.1 Å². The number of carbonyl (C=O) groups is 1. The minimum atomic E-state index is -0.0213. The van der Waals surface area contributed by atoms with Crippen molar-refractivity contribution in [3.05, 3.63) is 29.8 Å². The van der Waals surface area contributed by atoms with Gasteiger partial charge in [-0.25, -0.2) is 5.43 Å². The number of nitrogens with one attached hydrogen (secondary N) is 3. The van der Waals surface area contributed by atoms with Gasteiger partial charge in [0.25, 0.3) is 0 Å². The molecule has 2 saturated heterocycles. The number of hydrogen-bond acceptors (Lipinski definition) is 5. The lowest BCUT2D eigenvalue weighted by molar-refractivity contribution is -0.140. The number of amides is 1. The Balaban J connectivity index is 1.67. The average molecular weight is 262 g/mol. The molecule has 0 saturated carbocycles. The SMILES string of the molecule is COc1ccc(CN2CNC3NNCC3C2=O)cc1. The normalized spacial score (nSPS) is 26.4. The molecule has 6 heteroatoms. The molecule has 2 heterocycles. The van der Waals surface area contributed by atoms with E-state index < -0.39 is 0 Å². The van der Waals surface area contributed by atoms with Gasteiger partial charge >= 0.3 is 0 Å².